The van der Waals surface area contributed by atoms with E-state index in [0.717, 1.165) is 24.1 Å². The van der Waals surface area contributed by atoms with Gasteiger partial charge in [0.15, 0.2) is 0 Å². The molecule has 1 fully saturated rings. The quantitative estimate of drug-likeness (QED) is 0.267. The van der Waals surface area contributed by atoms with E-state index in [9.17, 15) is 9.59 Å². The molecule has 1 aliphatic rings. The lowest BCUT2D eigenvalue weighted by Gasteiger charge is -2.40. The van der Waals surface area contributed by atoms with Gasteiger partial charge in [0.2, 0.25) is 11.9 Å². The third-order valence-corrected chi connectivity index (χ3v) is 7.44. The van der Waals surface area contributed by atoms with Gasteiger partial charge in [-0.15, -0.1) is 0 Å². The Hall–Kier alpha value is -5.33. The third kappa shape index (κ3) is 7.43. The zero-order chi connectivity index (χ0) is 31.8. The Morgan fingerprint density at radius 1 is 0.933 bits per heavy atom. The highest BCUT2D eigenvalue weighted by atomic mass is 16.6. The minimum Gasteiger partial charge on any atom is -0.497 e. The maximum atomic E-state index is 13.9. The fraction of sp³-hybridized carbons (Fsp3) is 0.344. The van der Waals surface area contributed by atoms with E-state index in [1.54, 1.807) is 74.9 Å². The number of nitrogens with one attached hydrogen (secondary N) is 1. The van der Waals surface area contributed by atoms with E-state index in [1.807, 2.05) is 23.1 Å². The van der Waals surface area contributed by atoms with Crippen LogP contribution in [0.1, 0.15) is 24.6 Å². The van der Waals surface area contributed by atoms with E-state index in [0.29, 0.717) is 47.9 Å². The molecule has 1 aliphatic heterocycles. The molecule has 45 heavy (non-hydrogen) atoms. The summed E-state index contributed by atoms with van der Waals surface area (Å²) in [6.07, 6.45) is 6.13. The molecular weight excluding hydrogens is 578 g/mol. The fourth-order valence-corrected chi connectivity index (χ4v) is 5.05. The first-order valence-corrected chi connectivity index (χ1v) is 14.6. The van der Waals surface area contributed by atoms with E-state index >= 15 is 0 Å². The summed E-state index contributed by atoms with van der Waals surface area (Å²) in [7, 11) is 4.71. The molecule has 0 bridgehead atoms. The molecule has 13 heteroatoms. The van der Waals surface area contributed by atoms with Gasteiger partial charge >= 0.3 is 6.09 Å². The maximum Gasteiger partial charge on any atom is 0.415 e. The summed E-state index contributed by atoms with van der Waals surface area (Å²) >= 11 is 0. The Balaban J connectivity index is 1.41. The molecule has 1 atom stereocenters. The lowest BCUT2D eigenvalue weighted by Crippen LogP contribution is -2.61. The van der Waals surface area contributed by atoms with Crippen LogP contribution in [0.3, 0.4) is 0 Å². The first kappa shape index (κ1) is 31.1. The van der Waals surface area contributed by atoms with Gasteiger partial charge in [-0.05, 0) is 42.8 Å². The predicted octanol–water partition coefficient (Wildman–Crippen LogP) is 3.65. The number of anilines is 1. The number of ether oxygens (including phenoxy) is 4. The van der Waals surface area contributed by atoms with E-state index in [1.165, 1.54) is 4.90 Å². The second-order valence-corrected chi connectivity index (χ2v) is 10.3. The van der Waals surface area contributed by atoms with E-state index in [4.69, 9.17) is 28.9 Å². The number of hydrogen-bond donors (Lipinski definition) is 1. The molecule has 0 radical (unpaired) electrons. The van der Waals surface area contributed by atoms with Crippen LogP contribution in [0.15, 0.2) is 67.3 Å². The van der Waals surface area contributed by atoms with Gasteiger partial charge in [0.05, 0.1) is 27.9 Å². The minimum absolute atomic E-state index is 0.0775. The lowest BCUT2D eigenvalue weighted by atomic mass is 10.1. The van der Waals surface area contributed by atoms with Crippen LogP contribution in [0.5, 0.6) is 23.0 Å². The summed E-state index contributed by atoms with van der Waals surface area (Å²) in [4.78, 5) is 44.3. The van der Waals surface area contributed by atoms with Crippen molar-refractivity contribution in [1.82, 2.24) is 29.7 Å². The zero-order valence-corrected chi connectivity index (χ0v) is 25.8. The number of nitrogens with zero attached hydrogens (tertiary/aromatic N) is 6. The van der Waals surface area contributed by atoms with Crippen LogP contribution in [0.4, 0.5) is 10.6 Å². The Kier molecular flexibility index (Phi) is 9.97. The molecule has 2 aromatic heterocycles. The molecule has 1 N–H and O–H groups in total. The Morgan fingerprint density at radius 2 is 1.69 bits per heavy atom. The molecule has 236 valence electrons. The molecule has 1 unspecified atom stereocenters. The highest BCUT2D eigenvalue weighted by molar-refractivity contribution is 5.86. The lowest BCUT2D eigenvalue weighted by molar-refractivity contribution is -0.123. The number of carbonyl (C=O) groups is 2. The average molecular weight is 616 g/mol. The minimum atomic E-state index is -0.772. The average Bonchev–Trinajstić information content (AvgIpc) is 3.62. The van der Waals surface area contributed by atoms with Crippen molar-refractivity contribution in [1.29, 1.82) is 0 Å². The first-order chi connectivity index (χ1) is 21.9. The first-order valence-electron chi connectivity index (χ1n) is 14.6. The Bertz CT molecular complexity index is 1600. The van der Waals surface area contributed by atoms with Crippen molar-refractivity contribution < 1.29 is 28.5 Å². The molecule has 2 aromatic carbocycles. The Labute approximate surface area is 261 Å². The Morgan fingerprint density at radius 3 is 2.38 bits per heavy atom. The molecule has 1 saturated heterocycles. The van der Waals surface area contributed by atoms with Crippen molar-refractivity contribution in [3.8, 4) is 28.9 Å². The number of rotatable bonds is 11. The number of carbonyl (C=O) groups excluding carboxylic acids is 2. The fourth-order valence-electron chi connectivity index (χ4n) is 5.05. The van der Waals surface area contributed by atoms with Crippen molar-refractivity contribution in [2.45, 2.75) is 32.4 Å². The van der Waals surface area contributed by atoms with Crippen LogP contribution in [0, 0.1) is 0 Å². The number of amides is 2. The SMILES string of the molecule is CCCc1cc(N2CCN(C(=O)Oc3ccc(OC)cc3)CC2C(=O)NCc2ccc(OC)cc2OC)nc(-n2ccnc2)n1. The standard InChI is InChI=1S/C32H37N7O6/c1-5-6-23-17-29(36-31(35-23)38-14-13-33-21-38)39-16-15-37(32(41)45-25-11-9-24(42-2)10-12-25)20-27(39)30(40)34-19-22-7-8-26(43-3)18-28(22)44-4/h7-14,17-18,21,27H,5-6,15-16,19-20H2,1-4H3,(H,34,40). The van der Waals surface area contributed by atoms with E-state index in [2.05, 4.69) is 17.2 Å². The van der Waals surface area contributed by atoms with Gasteiger partial charge < -0.3 is 34.1 Å². The van der Waals surface area contributed by atoms with Crippen LogP contribution in [0.2, 0.25) is 0 Å². The summed E-state index contributed by atoms with van der Waals surface area (Å²) in [5.74, 6) is 3.02. The van der Waals surface area contributed by atoms with Crippen molar-refractivity contribution in [2.24, 2.45) is 0 Å². The van der Waals surface area contributed by atoms with Gasteiger partial charge in [0.1, 0.15) is 41.2 Å². The van der Waals surface area contributed by atoms with Gasteiger partial charge in [0.25, 0.3) is 0 Å². The van der Waals surface area contributed by atoms with Crippen molar-refractivity contribution >= 4 is 17.8 Å². The molecule has 3 heterocycles. The molecule has 0 saturated carbocycles. The molecule has 5 rings (SSSR count). The van der Waals surface area contributed by atoms with Crippen LogP contribution < -0.4 is 29.2 Å². The van der Waals surface area contributed by atoms with Crippen LogP contribution >= 0.6 is 0 Å². The van der Waals surface area contributed by atoms with Crippen LogP contribution in [-0.2, 0) is 17.8 Å². The molecule has 13 nitrogen and oxygen atoms in total. The zero-order valence-electron chi connectivity index (χ0n) is 25.8. The summed E-state index contributed by atoms with van der Waals surface area (Å²) in [6, 6.07) is 13.3. The smallest absolute Gasteiger partial charge is 0.415 e. The van der Waals surface area contributed by atoms with Gasteiger partial charge in [-0.3, -0.25) is 9.36 Å². The summed E-state index contributed by atoms with van der Waals surface area (Å²) < 4.78 is 23.4. The van der Waals surface area contributed by atoms with Gasteiger partial charge in [-0.25, -0.2) is 14.8 Å². The van der Waals surface area contributed by atoms with Gasteiger partial charge in [0, 0.05) is 55.4 Å². The van der Waals surface area contributed by atoms with Gasteiger partial charge in [-0.1, -0.05) is 13.3 Å². The molecule has 0 spiro atoms. The largest absolute Gasteiger partial charge is 0.497 e. The number of methoxy groups -OCH3 is 3. The summed E-state index contributed by atoms with van der Waals surface area (Å²) in [6.45, 7) is 3.02. The number of imidazole rings is 1. The number of piperazine rings is 1. The predicted molar refractivity (Wildman–Crippen MR) is 166 cm³/mol. The monoisotopic (exact) mass is 615 g/mol. The summed E-state index contributed by atoms with van der Waals surface area (Å²) in [5.41, 5.74) is 1.62. The number of aromatic nitrogens is 4. The second kappa shape index (κ2) is 14.4. The number of aryl methyl sites for hydroxylation is 1. The van der Waals surface area contributed by atoms with Gasteiger partial charge in [-0.2, -0.15) is 4.98 Å². The van der Waals surface area contributed by atoms with E-state index < -0.39 is 12.1 Å². The topological polar surface area (TPSA) is 133 Å². The normalized spacial score (nSPS) is 14.5. The maximum absolute atomic E-state index is 13.9. The van der Waals surface area contributed by atoms with Crippen molar-refractivity contribution in [3.63, 3.8) is 0 Å². The second-order valence-electron chi connectivity index (χ2n) is 10.3. The highest BCUT2D eigenvalue weighted by Gasteiger charge is 2.36. The highest BCUT2D eigenvalue weighted by Crippen LogP contribution is 2.26. The summed E-state index contributed by atoms with van der Waals surface area (Å²) in [5, 5.41) is 3.03. The molecule has 4 aromatic rings. The molecule has 2 amide bonds. The van der Waals surface area contributed by atoms with Crippen molar-refractivity contribution in [2.75, 3.05) is 45.9 Å². The van der Waals surface area contributed by atoms with Crippen LogP contribution in [-0.4, -0.2) is 83.4 Å². The van der Waals surface area contributed by atoms with Crippen molar-refractivity contribution in [3.05, 3.63) is 78.5 Å². The third-order valence-electron chi connectivity index (χ3n) is 7.44. The van der Waals surface area contributed by atoms with Crippen LogP contribution in [0.25, 0.3) is 5.95 Å². The molecule has 0 aliphatic carbocycles. The number of benzene rings is 2. The molecular formula is C32H37N7O6. The number of hydrogen-bond acceptors (Lipinski definition) is 10. The van der Waals surface area contributed by atoms with E-state index in [-0.39, 0.29) is 19.0 Å².